The molecule has 0 aliphatic carbocycles. The molecule has 0 aromatic heterocycles. The van der Waals surface area contributed by atoms with Crippen LogP contribution in [0.15, 0.2) is 12.7 Å². The number of nitrogens with zero attached hydrogens (tertiary/aromatic N) is 1. The Morgan fingerprint density at radius 3 is 2.62 bits per heavy atom. The maximum absolute atomic E-state index is 10.5. The normalized spacial score (nSPS) is 17.4. The third kappa shape index (κ3) is 11.5. The van der Waals surface area contributed by atoms with Crippen LogP contribution < -0.4 is 0 Å². The van der Waals surface area contributed by atoms with E-state index in [4.69, 9.17) is 21.1 Å². The highest BCUT2D eigenvalue weighted by Crippen LogP contribution is 2.08. The van der Waals surface area contributed by atoms with Gasteiger partial charge >= 0.3 is 5.97 Å². The molecule has 1 heterocycles. The van der Waals surface area contributed by atoms with Gasteiger partial charge in [0, 0.05) is 12.6 Å². The number of hydrogen-bond acceptors (Lipinski definition) is 4. The minimum Gasteiger partial charge on any atom is -0.462 e. The number of rotatable bonds is 6. The SMILES string of the molecule is C=CC(=O)OCCCN(C)C.ClCC1CO1. The maximum Gasteiger partial charge on any atom is 0.330 e. The molecular formula is C11H20ClNO3. The highest BCUT2D eigenvalue weighted by Gasteiger charge is 2.19. The summed E-state index contributed by atoms with van der Waals surface area (Å²) in [5.41, 5.74) is 0. The molecule has 0 saturated carbocycles. The molecule has 4 nitrogen and oxygen atoms in total. The molecule has 0 aromatic rings. The Morgan fingerprint density at radius 2 is 2.31 bits per heavy atom. The van der Waals surface area contributed by atoms with Crippen molar-refractivity contribution in [3.63, 3.8) is 0 Å². The van der Waals surface area contributed by atoms with Gasteiger partial charge in [0.15, 0.2) is 0 Å². The van der Waals surface area contributed by atoms with Crippen LogP contribution in [0, 0.1) is 0 Å². The predicted octanol–water partition coefficient (Wildman–Crippen LogP) is 1.29. The third-order valence-electron chi connectivity index (χ3n) is 1.74. The van der Waals surface area contributed by atoms with E-state index >= 15 is 0 Å². The van der Waals surface area contributed by atoms with Crippen LogP contribution in [0.4, 0.5) is 0 Å². The second-order valence-electron chi connectivity index (χ2n) is 3.64. The number of hydrogen-bond donors (Lipinski definition) is 0. The molecule has 5 heteroatoms. The molecule has 94 valence electrons. The maximum atomic E-state index is 10.5. The molecule has 1 unspecified atom stereocenters. The number of epoxide rings is 1. The summed E-state index contributed by atoms with van der Waals surface area (Å²) in [5, 5.41) is 0. The third-order valence-corrected chi connectivity index (χ3v) is 2.08. The summed E-state index contributed by atoms with van der Waals surface area (Å²) in [6, 6.07) is 0. The summed E-state index contributed by atoms with van der Waals surface area (Å²) in [6.45, 7) is 5.58. The average molecular weight is 250 g/mol. The molecule has 0 N–H and O–H groups in total. The molecule has 0 radical (unpaired) electrons. The molecule has 1 rings (SSSR count). The Bertz CT molecular complexity index is 205. The van der Waals surface area contributed by atoms with Gasteiger partial charge in [-0.1, -0.05) is 6.58 Å². The van der Waals surface area contributed by atoms with Crippen LogP contribution in [0.5, 0.6) is 0 Å². The van der Waals surface area contributed by atoms with Crippen LogP contribution in [-0.2, 0) is 14.3 Å². The van der Waals surface area contributed by atoms with Crippen molar-refractivity contribution < 1.29 is 14.3 Å². The van der Waals surface area contributed by atoms with Crippen molar-refractivity contribution in [2.24, 2.45) is 0 Å². The Kier molecular flexibility index (Phi) is 9.28. The zero-order valence-corrected chi connectivity index (χ0v) is 10.7. The number of alkyl halides is 1. The Morgan fingerprint density at radius 1 is 1.69 bits per heavy atom. The van der Waals surface area contributed by atoms with Crippen LogP contribution in [0.3, 0.4) is 0 Å². The lowest BCUT2D eigenvalue weighted by atomic mass is 10.4. The number of halogens is 1. The van der Waals surface area contributed by atoms with E-state index in [1.165, 1.54) is 6.08 Å². The van der Waals surface area contributed by atoms with E-state index in [0.717, 1.165) is 19.6 Å². The van der Waals surface area contributed by atoms with E-state index in [9.17, 15) is 4.79 Å². The lowest BCUT2D eigenvalue weighted by molar-refractivity contribution is -0.137. The number of carbonyl (C=O) groups excluding carboxylic acids is 1. The van der Waals surface area contributed by atoms with Gasteiger partial charge in [0.25, 0.3) is 0 Å². The van der Waals surface area contributed by atoms with Crippen molar-refractivity contribution in [2.45, 2.75) is 12.5 Å². The topological polar surface area (TPSA) is 42.1 Å². The van der Waals surface area contributed by atoms with Crippen molar-refractivity contribution in [3.05, 3.63) is 12.7 Å². The van der Waals surface area contributed by atoms with E-state index < -0.39 is 0 Å². The second-order valence-corrected chi connectivity index (χ2v) is 3.95. The molecular weight excluding hydrogens is 230 g/mol. The van der Waals surface area contributed by atoms with Gasteiger partial charge in [-0.2, -0.15) is 0 Å². The molecule has 16 heavy (non-hydrogen) atoms. The van der Waals surface area contributed by atoms with Gasteiger partial charge in [-0.3, -0.25) is 0 Å². The van der Waals surface area contributed by atoms with Crippen LogP contribution in [0.1, 0.15) is 6.42 Å². The van der Waals surface area contributed by atoms with E-state index in [1.54, 1.807) is 0 Å². The summed E-state index contributed by atoms with van der Waals surface area (Å²) in [4.78, 5) is 12.5. The zero-order chi connectivity index (χ0) is 12.4. The molecule has 0 bridgehead atoms. The van der Waals surface area contributed by atoms with E-state index in [1.807, 2.05) is 19.0 Å². The van der Waals surface area contributed by atoms with Gasteiger partial charge in [0.05, 0.1) is 25.2 Å². The van der Waals surface area contributed by atoms with Gasteiger partial charge in [0.1, 0.15) is 0 Å². The van der Waals surface area contributed by atoms with Crippen LogP contribution in [0.2, 0.25) is 0 Å². The first-order valence-electron chi connectivity index (χ1n) is 5.21. The number of ether oxygens (including phenoxy) is 2. The summed E-state index contributed by atoms with van der Waals surface area (Å²) in [6.07, 6.45) is 2.44. The van der Waals surface area contributed by atoms with Crippen molar-refractivity contribution >= 4 is 17.6 Å². The molecule has 1 aliphatic rings. The van der Waals surface area contributed by atoms with Crippen molar-refractivity contribution in [1.29, 1.82) is 0 Å². The van der Waals surface area contributed by atoms with E-state index in [2.05, 4.69) is 6.58 Å². The predicted molar refractivity (Wildman–Crippen MR) is 64.8 cm³/mol. The first kappa shape index (κ1) is 15.4. The van der Waals surface area contributed by atoms with Crippen molar-refractivity contribution in [1.82, 2.24) is 4.90 Å². The van der Waals surface area contributed by atoms with Crippen LogP contribution in [0.25, 0.3) is 0 Å². The second kappa shape index (κ2) is 9.63. The van der Waals surface area contributed by atoms with Gasteiger partial charge in [-0.25, -0.2) is 4.79 Å². The Labute approximate surface area is 102 Å². The zero-order valence-electron chi connectivity index (χ0n) is 9.95. The fourth-order valence-corrected chi connectivity index (χ4v) is 0.948. The van der Waals surface area contributed by atoms with Crippen molar-refractivity contribution in [2.75, 3.05) is 39.7 Å². The summed E-state index contributed by atoms with van der Waals surface area (Å²) in [5.74, 6) is 0.323. The number of carbonyl (C=O) groups is 1. The molecule has 1 fully saturated rings. The highest BCUT2D eigenvalue weighted by molar-refractivity contribution is 6.18. The fraction of sp³-hybridized carbons (Fsp3) is 0.727. The largest absolute Gasteiger partial charge is 0.462 e. The minimum atomic E-state index is -0.344. The first-order chi connectivity index (χ1) is 7.60. The monoisotopic (exact) mass is 249 g/mol. The van der Waals surface area contributed by atoms with E-state index in [-0.39, 0.29) is 5.97 Å². The smallest absolute Gasteiger partial charge is 0.330 e. The fourth-order valence-electron chi connectivity index (χ4n) is 0.770. The molecule has 1 atom stereocenters. The van der Waals surface area contributed by atoms with E-state index in [0.29, 0.717) is 18.6 Å². The lowest BCUT2D eigenvalue weighted by Gasteiger charge is -2.08. The molecule has 1 aliphatic heterocycles. The number of esters is 1. The quantitative estimate of drug-likeness (QED) is 0.234. The standard InChI is InChI=1S/C8H15NO2.C3H5ClO/c1-4-8(10)11-7-5-6-9(2)3;4-1-3-2-5-3/h4H,1,5-7H2,2-3H3;3H,1-2H2. The van der Waals surface area contributed by atoms with Gasteiger partial charge in [0.2, 0.25) is 0 Å². The molecule has 0 amide bonds. The molecule has 0 spiro atoms. The average Bonchev–Trinajstić information content (AvgIpc) is 3.08. The molecule has 0 aromatic carbocycles. The molecule has 1 saturated heterocycles. The Balaban J connectivity index is 0.000000368. The van der Waals surface area contributed by atoms with Crippen LogP contribution >= 0.6 is 11.6 Å². The van der Waals surface area contributed by atoms with Gasteiger partial charge in [-0.05, 0) is 20.5 Å². The van der Waals surface area contributed by atoms with Crippen LogP contribution in [-0.4, -0.2) is 56.7 Å². The minimum absolute atomic E-state index is 0.344. The van der Waals surface area contributed by atoms with Gasteiger partial charge in [-0.15, -0.1) is 11.6 Å². The highest BCUT2D eigenvalue weighted by atomic mass is 35.5. The van der Waals surface area contributed by atoms with Crippen molar-refractivity contribution in [3.8, 4) is 0 Å². The summed E-state index contributed by atoms with van der Waals surface area (Å²) >= 11 is 5.27. The lowest BCUT2D eigenvalue weighted by Crippen LogP contribution is -2.15. The first-order valence-corrected chi connectivity index (χ1v) is 5.75. The Hall–Kier alpha value is -0.580. The van der Waals surface area contributed by atoms with Gasteiger partial charge < -0.3 is 14.4 Å². The summed E-state index contributed by atoms with van der Waals surface area (Å²) < 4.78 is 9.48. The summed E-state index contributed by atoms with van der Waals surface area (Å²) in [7, 11) is 3.96.